The first-order chi connectivity index (χ1) is 15.0. The van der Waals surface area contributed by atoms with Gasteiger partial charge >= 0.3 is 0 Å². The lowest BCUT2D eigenvalue weighted by Crippen LogP contribution is -2.53. The Kier molecular flexibility index (Phi) is 10.2. The molecule has 166 valence electrons. The van der Waals surface area contributed by atoms with Gasteiger partial charge in [0.2, 0.25) is 5.91 Å². The minimum atomic E-state index is -0.791. The van der Waals surface area contributed by atoms with Crippen LogP contribution in [0, 0.1) is 0 Å². The molecule has 0 fully saturated rings. The van der Waals surface area contributed by atoms with Crippen molar-refractivity contribution in [3.05, 3.63) is 60.2 Å². The topological polar surface area (TPSA) is 106 Å². The zero-order valence-corrected chi connectivity index (χ0v) is 18.4. The molecule has 8 nitrogen and oxygen atoms in total. The summed E-state index contributed by atoms with van der Waals surface area (Å²) in [5.41, 5.74) is 5.55. The van der Waals surface area contributed by atoms with Crippen LogP contribution in [0.3, 0.4) is 0 Å². The van der Waals surface area contributed by atoms with Gasteiger partial charge in [-0.05, 0) is 48.3 Å². The first kappa shape index (κ1) is 24.1. The predicted molar refractivity (Wildman–Crippen MR) is 120 cm³/mol. The van der Waals surface area contributed by atoms with Gasteiger partial charge in [-0.3, -0.25) is 25.2 Å². The third-order valence-corrected chi connectivity index (χ3v) is 4.87. The first-order valence-electron chi connectivity index (χ1n) is 9.69. The third kappa shape index (κ3) is 9.00. The number of para-hydroxylation sites is 1. The van der Waals surface area contributed by atoms with Crippen LogP contribution in [0.1, 0.15) is 12.0 Å². The fourth-order valence-corrected chi connectivity index (χ4v) is 3.07. The summed E-state index contributed by atoms with van der Waals surface area (Å²) < 4.78 is 10.5. The van der Waals surface area contributed by atoms with Crippen molar-refractivity contribution < 1.29 is 23.9 Å². The molecule has 0 radical (unpaired) electrons. The van der Waals surface area contributed by atoms with Crippen LogP contribution < -0.4 is 25.6 Å². The number of hydrazine groups is 1. The van der Waals surface area contributed by atoms with Crippen molar-refractivity contribution in [1.82, 2.24) is 16.2 Å². The van der Waals surface area contributed by atoms with E-state index in [1.165, 1.54) is 0 Å². The van der Waals surface area contributed by atoms with Crippen LogP contribution in [0.5, 0.6) is 11.5 Å². The van der Waals surface area contributed by atoms with Gasteiger partial charge in [0, 0.05) is 0 Å². The summed E-state index contributed by atoms with van der Waals surface area (Å²) in [7, 11) is 1.57. The molecule has 0 aliphatic heterocycles. The molecule has 3 N–H and O–H groups in total. The Morgan fingerprint density at radius 1 is 0.935 bits per heavy atom. The van der Waals surface area contributed by atoms with Gasteiger partial charge in [-0.1, -0.05) is 30.3 Å². The molecular formula is C22H27N3O5S. The van der Waals surface area contributed by atoms with E-state index in [1.807, 2.05) is 12.3 Å². The normalized spacial score (nSPS) is 11.2. The van der Waals surface area contributed by atoms with Gasteiger partial charge < -0.3 is 14.8 Å². The Hall–Kier alpha value is -3.20. The summed E-state index contributed by atoms with van der Waals surface area (Å²) in [6, 6.07) is 15.2. The SMILES string of the molecule is COc1ccc(CC(=O)NNC(=O)C(CCSC)NC(=O)COc2ccccc2)cc1. The highest BCUT2D eigenvalue weighted by molar-refractivity contribution is 7.98. The van der Waals surface area contributed by atoms with Crippen molar-refractivity contribution in [2.75, 3.05) is 25.7 Å². The Balaban J connectivity index is 1.81. The van der Waals surface area contributed by atoms with Gasteiger partial charge in [0.1, 0.15) is 17.5 Å². The van der Waals surface area contributed by atoms with Gasteiger partial charge in [0.05, 0.1) is 13.5 Å². The van der Waals surface area contributed by atoms with E-state index in [0.29, 0.717) is 23.7 Å². The van der Waals surface area contributed by atoms with Crippen LogP contribution in [0.2, 0.25) is 0 Å². The number of carbonyl (C=O) groups is 3. The molecule has 2 rings (SSSR count). The van der Waals surface area contributed by atoms with E-state index >= 15 is 0 Å². The molecule has 9 heteroatoms. The van der Waals surface area contributed by atoms with Crippen LogP contribution in [-0.4, -0.2) is 49.5 Å². The number of amides is 3. The molecule has 1 unspecified atom stereocenters. The van der Waals surface area contributed by atoms with Crippen LogP contribution in [-0.2, 0) is 20.8 Å². The van der Waals surface area contributed by atoms with E-state index in [2.05, 4.69) is 16.2 Å². The van der Waals surface area contributed by atoms with Crippen LogP contribution in [0.25, 0.3) is 0 Å². The summed E-state index contributed by atoms with van der Waals surface area (Å²) in [5, 5.41) is 2.65. The molecular weight excluding hydrogens is 418 g/mol. The lowest BCUT2D eigenvalue weighted by Gasteiger charge is -2.18. The number of hydrogen-bond acceptors (Lipinski definition) is 6. The maximum absolute atomic E-state index is 12.5. The highest BCUT2D eigenvalue weighted by atomic mass is 32.2. The van der Waals surface area contributed by atoms with Gasteiger partial charge in [0.15, 0.2) is 6.61 Å². The Bertz CT molecular complexity index is 846. The molecule has 3 amide bonds. The smallest absolute Gasteiger partial charge is 0.260 e. The second-order valence-corrected chi connectivity index (χ2v) is 7.55. The quantitative estimate of drug-likeness (QED) is 0.455. The van der Waals surface area contributed by atoms with Crippen molar-refractivity contribution in [3.63, 3.8) is 0 Å². The van der Waals surface area contributed by atoms with Crippen molar-refractivity contribution in [3.8, 4) is 11.5 Å². The molecule has 0 aliphatic carbocycles. The minimum Gasteiger partial charge on any atom is -0.497 e. The Morgan fingerprint density at radius 3 is 2.29 bits per heavy atom. The maximum atomic E-state index is 12.5. The van der Waals surface area contributed by atoms with Gasteiger partial charge in [-0.2, -0.15) is 11.8 Å². The fraction of sp³-hybridized carbons (Fsp3) is 0.318. The molecule has 0 spiro atoms. The number of thioether (sulfide) groups is 1. The van der Waals surface area contributed by atoms with E-state index in [9.17, 15) is 14.4 Å². The summed E-state index contributed by atoms with van der Waals surface area (Å²) in [6.45, 7) is -0.211. The van der Waals surface area contributed by atoms with Gasteiger partial charge in [0.25, 0.3) is 11.8 Å². The molecule has 0 saturated heterocycles. The summed E-state index contributed by atoms with van der Waals surface area (Å²) >= 11 is 1.55. The number of benzene rings is 2. The lowest BCUT2D eigenvalue weighted by molar-refractivity contribution is -0.132. The van der Waals surface area contributed by atoms with E-state index in [-0.39, 0.29) is 18.9 Å². The van der Waals surface area contributed by atoms with Gasteiger partial charge in [-0.25, -0.2) is 0 Å². The molecule has 1 atom stereocenters. The minimum absolute atomic E-state index is 0.0943. The summed E-state index contributed by atoms with van der Waals surface area (Å²) in [4.78, 5) is 36.8. The standard InChI is InChI=1S/C22H27N3O5S/c1-29-17-10-8-16(9-11-17)14-20(26)24-25-22(28)19(12-13-31-2)23-21(27)15-30-18-6-4-3-5-7-18/h3-11,19H,12-15H2,1-2H3,(H,23,27)(H,24,26)(H,25,28). The van der Waals surface area contributed by atoms with E-state index in [4.69, 9.17) is 9.47 Å². The van der Waals surface area contributed by atoms with Crippen LogP contribution in [0.4, 0.5) is 0 Å². The average molecular weight is 446 g/mol. The maximum Gasteiger partial charge on any atom is 0.260 e. The number of nitrogens with one attached hydrogen (secondary N) is 3. The number of methoxy groups -OCH3 is 1. The monoisotopic (exact) mass is 445 g/mol. The Labute approximate surface area is 186 Å². The van der Waals surface area contributed by atoms with E-state index < -0.39 is 17.9 Å². The third-order valence-electron chi connectivity index (χ3n) is 4.22. The second-order valence-electron chi connectivity index (χ2n) is 6.57. The Morgan fingerprint density at radius 2 is 1.65 bits per heavy atom. The van der Waals surface area contributed by atoms with Crippen molar-refractivity contribution in [2.45, 2.75) is 18.9 Å². The first-order valence-corrected chi connectivity index (χ1v) is 11.1. The lowest BCUT2D eigenvalue weighted by atomic mass is 10.1. The number of rotatable bonds is 11. The molecule has 0 bridgehead atoms. The van der Waals surface area contributed by atoms with Crippen LogP contribution >= 0.6 is 11.8 Å². The van der Waals surface area contributed by atoms with Gasteiger partial charge in [-0.15, -0.1) is 0 Å². The van der Waals surface area contributed by atoms with Crippen LogP contribution in [0.15, 0.2) is 54.6 Å². The van der Waals surface area contributed by atoms with E-state index in [0.717, 1.165) is 5.56 Å². The van der Waals surface area contributed by atoms with Crippen molar-refractivity contribution in [1.29, 1.82) is 0 Å². The van der Waals surface area contributed by atoms with Crippen molar-refractivity contribution >= 4 is 29.5 Å². The number of ether oxygens (including phenoxy) is 2. The molecule has 0 aromatic heterocycles. The zero-order chi connectivity index (χ0) is 22.5. The van der Waals surface area contributed by atoms with E-state index in [1.54, 1.807) is 67.4 Å². The second kappa shape index (κ2) is 13.2. The van der Waals surface area contributed by atoms with Crippen molar-refractivity contribution in [2.24, 2.45) is 0 Å². The fourth-order valence-electron chi connectivity index (χ4n) is 2.60. The largest absolute Gasteiger partial charge is 0.497 e. The summed E-state index contributed by atoms with van der Waals surface area (Å²) in [5.74, 6) is 0.632. The highest BCUT2D eigenvalue weighted by Crippen LogP contribution is 2.11. The molecule has 0 saturated carbocycles. The molecule has 2 aromatic carbocycles. The molecule has 0 aliphatic rings. The number of carbonyl (C=O) groups excluding carboxylic acids is 3. The summed E-state index contributed by atoms with van der Waals surface area (Å²) in [6.07, 6.45) is 2.42. The predicted octanol–water partition coefficient (Wildman–Crippen LogP) is 1.70. The molecule has 0 heterocycles. The number of hydrogen-bond donors (Lipinski definition) is 3. The average Bonchev–Trinajstić information content (AvgIpc) is 2.80. The molecule has 2 aromatic rings. The molecule has 31 heavy (non-hydrogen) atoms. The highest BCUT2D eigenvalue weighted by Gasteiger charge is 2.21. The zero-order valence-electron chi connectivity index (χ0n) is 17.6.